The number of unbranched alkanes of at least 4 members (excludes halogenated alkanes) is 1. The molecule has 0 saturated carbocycles. The summed E-state index contributed by atoms with van der Waals surface area (Å²) >= 11 is 0. The van der Waals surface area contributed by atoms with Gasteiger partial charge in [-0.3, -0.25) is 0 Å². The van der Waals surface area contributed by atoms with Crippen molar-refractivity contribution in [1.82, 2.24) is 19.9 Å². The number of carbonyl (C=O) groups excluding carboxylic acids is 1. The summed E-state index contributed by atoms with van der Waals surface area (Å²) in [6.07, 6.45) is 2.06. The van der Waals surface area contributed by atoms with E-state index in [1.54, 1.807) is 11.9 Å². The maximum Gasteiger partial charge on any atom is 0.346 e. The summed E-state index contributed by atoms with van der Waals surface area (Å²) in [7, 11) is 1.79. The third kappa shape index (κ3) is 2.27. The Hall–Kier alpha value is -1.91. The minimum Gasteiger partial charge on any atom is -0.326 e. The Morgan fingerprint density at radius 2 is 2.18 bits per heavy atom. The summed E-state index contributed by atoms with van der Waals surface area (Å²) < 4.78 is 1.35. The van der Waals surface area contributed by atoms with E-state index in [0.717, 1.165) is 30.4 Å². The summed E-state index contributed by atoms with van der Waals surface area (Å²) in [5.74, 6) is 0. The molecule has 2 rings (SSSR count). The summed E-state index contributed by atoms with van der Waals surface area (Å²) in [4.78, 5) is 13.8. The summed E-state index contributed by atoms with van der Waals surface area (Å²) in [6, 6.07) is 7.32. The number of aromatic nitrogens is 3. The first-order chi connectivity index (χ1) is 8.24. The van der Waals surface area contributed by atoms with Gasteiger partial charge in [-0.05, 0) is 18.6 Å². The van der Waals surface area contributed by atoms with Crippen LogP contribution in [0.4, 0.5) is 4.79 Å². The molecule has 0 spiro atoms. The fourth-order valence-electron chi connectivity index (χ4n) is 1.66. The van der Waals surface area contributed by atoms with Crippen LogP contribution in [0.25, 0.3) is 11.0 Å². The second-order valence-electron chi connectivity index (χ2n) is 4.05. The van der Waals surface area contributed by atoms with Crippen molar-refractivity contribution in [2.75, 3.05) is 13.6 Å². The fraction of sp³-hybridized carbons (Fsp3) is 0.417. The van der Waals surface area contributed by atoms with Gasteiger partial charge in [0, 0.05) is 13.6 Å². The van der Waals surface area contributed by atoms with Gasteiger partial charge in [-0.2, -0.15) is 4.68 Å². The Morgan fingerprint density at radius 1 is 1.41 bits per heavy atom. The summed E-state index contributed by atoms with van der Waals surface area (Å²) in [6.45, 7) is 2.84. The predicted octanol–water partition coefficient (Wildman–Crippen LogP) is 2.13. The SMILES string of the molecule is CCCCN(C)C(=O)n1nnc2ccccc21. The van der Waals surface area contributed by atoms with Crippen LogP contribution in [0.1, 0.15) is 19.8 Å². The highest BCUT2D eigenvalue weighted by molar-refractivity contribution is 5.87. The third-order valence-electron chi connectivity index (χ3n) is 2.71. The fourth-order valence-corrected chi connectivity index (χ4v) is 1.66. The quantitative estimate of drug-likeness (QED) is 0.814. The lowest BCUT2D eigenvalue weighted by Gasteiger charge is -2.15. The van der Waals surface area contributed by atoms with Crippen LogP contribution < -0.4 is 0 Å². The van der Waals surface area contributed by atoms with Crippen LogP contribution in [0, 0.1) is 0 Å². The molecule has 0 aliphatic heterocycles. The molecule has 0 aliphatic carbocycles. The number of para-hydroxylation sites is 1. The number of hydrogen-bond acceptors (Lipinski definition) is 3. The van der Waals surface area contributed by atoms with Gasteiger partial charge >= 0.3 is 6.03 Å². The predicted molar refractivity (Wildman–Crippen MR) is 65.9 cm³/mol. The lowest BCUT2D eigenvalue weighted by Crippen LogP contribution is -2.32. The van der Waals surface area contributed by atoms with Gasteiger partial charge < -0.3 is 4.90 Å². The average Bonchev–Trinajstić information content (AvgIpc) is 2.78. The Bertz CT molecular complexity index is 520. The second-order valence-corrected chi connectivity index (χ2v) is 4.05. The molecule has 17 heavy (non-hydrogen) atoms. The minimum atomic E-state index is -0.132. The third-order valence-corrected chi connectivity index (χ3v) is 2.71. The van der Waals surface area contributed by atoms with Crippen LogP contribution in [0.3, 0.4) is 0 Å². The topological polar surface area (TPSA) is 51.0 Å². The van der Waals surface area contributed by atoms with E-state index in [4.69, 9.17) is 0 Å². The number of amides is 1. The molecule has 0 unspecified atom stereocenters. The zero-order chi connectivity index (χ0) is 12.3. The lowest BCUT2D eigenvalue weighted by molar-refractivity contribution is 0.207. The molecule has 5 nitrogen and oxygen atoms in total. The minimum absolute atomic E-state index is 0.132. The van der Waals surface area contributed by atoms with Crippen molar-refractivity contribution in [2.24, 2.45) is 0 Å². The van der Waals surface area contributed by atoms with Gasteiger partial charge in [0.15, 0.2) is 0 Å². The van der Waals surface area contributed by atoms with E-state index in [9.17, 15) is 4.79 Å². The molecule has 1 heterocycles. The number of rotatable bonds is 3. The molecule has 5 heteroatoms. The molecule has 1 aromatic carbocycles. The van der Waals surface area contributed by atoms with Crippen molar-refractivity contribution in [3.8, 4) is 0 Å². The van der Waals surface area contributed by atoms with E-state index in [1.165, 1.54) is 4.68 Å². The van der Waals surface area contributed by atoms with Gasteiger partial charge in [0.1, 0.15) is 5.52 Å². The van der Waals surface area contributed by atoms with E-state index >= 15 is 0 Å². The Labute approximate surface area is 100 Å². The highest BCUT2D eigenvalue weighted by atomic mass is 16.2. The zero-order valence-electron chi connectivity index (χ0n) is 10.1. The maximum atomic E-state index is 12.1. The maximum absolute atomic E-state index is 12.1. The van der Waals surface area contributed by atoms with Gasteiger partial charge in [0.25, 0.3) is 0 Å². The van der Waals surface area contributed by atoms with Gasteiger partial charge in [-0.15, -0.1) is 5.10 Å². The number of fused-ring (bicyclic) bond motifs is 1. The molecule has 0 atom stereocenters. The zero-order valence-corrected chi connectivity index (χ0v) is 10.1. The van der Waals surface area contributed by atoms with Gasteiger partial charge in [0.05, 0.1) is 5.52 Å². The van der Waals surface area contributed by atoms with Crippen molar-refractivity contribution in [1.29, 1.82) is 0 Å². The Kier molecular flexibility index (Phi) is 3.37. The van der Waals surface area contributed by atoms with Crippen LogP contribution in [0.5, 0.6) is 0 Å². The van der Waals surface area contributed by atoms with Crippen LogP contribution in [0.2, 0.25) is 0 Å². The molecule has 0 N–H and O–H groups in total. The largest absolute Gasteiger partial charge is 0.346 e. The smallest absolute Gasteiger partial charge is 0.326 e. The average molecular weight is 232 g/mol. The second kappa shape index (κ2) is 4.95. The highest BCUT2D eigenvalue weighted by Crippen LogP contribution is 2.10. The van der Waals surface area contributed by atoms with Gasteiger partial charge in [-0.25, -0.2) is 4.79 Å². The van der Waals surface area contributed by atoms with Crippen LogP contribution >= 0.6 is 0 Å². The molecule has 0 saturated heterocycles. The van der Waals surface area contributed by atoms with Crippen LogP contribution in [-0.2, 0) is 0 Å². The Balaban J connectivity index is 2.24. The first-order valence-electron chi connectivity index (χ1n) is 5.80. The van der Waals surface area contributed by atoms with E-state index in [1.807, 2.05) is 24.3 Å². The molecule has 1 aromatic heterocycles. The molecule has 1 amide bonds. The van der Waals surface area contributed by atoms with E-state index in [2.05, 4.69) is 17.2 Å². The first-order valence-corrected chi connectivity index (χ1v) is 5.80. The van der Waals surface area contributed by atoms with Crippen LogP contribution in [-0.4, -0.2) is 39.5 Å². The van der Waals surface area contributed by atoms with Crippen LogP contribution in [0.15, 0.2) is 24.3 Å². The number of carbonyl (C=O) groups is 1. The Morgan fingerprint density at radius 3 is 2.94 bits per heavy atom. The highest BCUT2D eigenvalue weighted by Gasteiger charge is 2.14. The number of benzene rings is 1. The van der Waals surface area contributed by atoms with E-state index in [0.29, 0.717) is 0 Å². The normalized spacial score (nSPS) is 10.7. The molecule has 0 aliphatic rings. The van der Waals surface area contributed by atoms with Crippen molar-refractivity contribution in [2.45, 2.75) is 19.8 Å². The van der Waals surface area contributed by atoms with Crippen molar-refractivity contribution in [3.05, 3.63) is 24.3 Å². The molecular formula is C12H16N4O. The van der Waals surface area contributed by atoms with E-state index in [-0.39, 0.29) is 6.03 Å². The lowest BCUT2D eigenvalue weighted by atomic mass is 10.3. The summed E-state index contributed by atoms with van der Waals surface area (Å²) in [5.41, 5.74) is 1.49. The van der Waals surface area contributed by atoms with Crippen molar-refractivity contribution < 1.29 is 4.79 Å². The molecule has 90 valence electrons. The number of hydrogen-bond donors (Lipinski definition) is 0. The molecule has 0 bridgehead atoms. The van der Waals surface area contributed by atoms with Crippen molar-refractivity contribution >= 4 is 17.1 Å². The van der Waals surface area contributed by atoms with Gasteiger partial charge in [0.2, 0.25) is 0 Å². The molecule has 0 fully saturated rings. The standard InChI is InChI=1S/C12H16N4O/c1-3-4-9-15(2)12(17)16-11-8-6-5-7-10(11)13-14-16/h5-8H,3-4,9H2,1-2H3. The molecule has 0 radical (unpaired) electrons. The van der Waals surface area contributed by atoms with E-state index < -0.39 is 0 Å². The summed E-state index contributed by atoms with van der Waals surface area (Å²) in [5, 5.41) is 7.87. The molecular weight excluding hydrogens is 216 g/mol. The molecule has 2 aromatic rings. The van der Waals surface area contributed by atoms with Gasteiger partial charge in [-0.1, -0.05) is 30.7 Å². The monoisotopic (exact) mass is 232 g/mol. The number of nitrogens with zero attached hydrogens (tertiary/aromatic N) is 4. The first kappa shape index (κ1) is 11.6. The van der Waals surface area contributed by atoms with Crippen molar-refractivity contribution in [3.63, 3.8) is 0 Å².